The third kappa shape index (κ3) is 5.48. The number of ether oxygens (including phenoxy) is 1. The van der Waals surface area contributed by atoms with Crippen LogP contribution in [0.1, 0.15) is 19.3 Å². The molecule has 0 saturated carbocycles. The third-order valence-electron chi connectivity index (χ3n) is 5.47. The summed E-state index contributed by atoms with van der Waals surface area (Å²) in [5, 5.41) is 3.45. The molecule has 8 heteroatoms. The normalized spacial score (nSPS) is 15.9. The number of halogens is 1. The smallest absolute Gasteiger partial charge is 0.229 e. The Morgan fingerprint density at radius 1 is 1.19 bits per heavy atom. The summed E-state index contributed by atoms with van der Waals surface area (Å²) in [6.07, 6.45) is 6.97. The van der Waals surface area contributed by atoms with E-state index in [2.05, 4.69) is 10.3 Å². The highest BCUT2D eigenvalue weighted by Gasteiger charge is 2.28. The number of likely N-dealkylation sites (tertiary alicyclic amines) is 1. The van der Waals surface area contributed by atoms with Crippen molar-refractivity contribution in [1.82, 2.24) is 14.5 Å². The molecule has 4 rings (SSSR count). The highest BCUT2D eigenvalue weighted by atomic mass is 35.5. The monoisotopic (exact) mass is 452 g/mol. The molecule has 0 bridgehead atoms. The minimum Gasteiger partial charge on any atom is -0.493 e. The molecule has 0 radical (unpaired) electrons. The van der Waals surface area contributed by atoms with Crippen molar-refractivity contribution in [3.05, 3.63) is 72.3 Å². The lowest BCUT2D eigenvalue weighted by Gasteiger charge is -2.32. The second-order valence-electron chi connectivity index (χ2n) is 7.72. The lowest BCUT2D eigenvalue weighted by atomic mass is 9.96. The van der Waals surface area contributed by atoms with Crippen LogP contribution in [0.5, 0.6) is 5.75 Å². The fourth-order valence-corrected chi connectivity index (χ4v) is 4.07. The summed E-state index contributed by atoms with van der Waals surface area (Å²) in [4.78, 5) is 31.2. The van der Waals surface area contributed by atoms with Gasteiger partial charge in [-0.05, 0) is 43.2 Å². The van der Waals surface area contributed by atoms with Crippen molar-refractivity contribution in [3.63, 3.8) is 0 Å². The number of nitrogens with zero attached hydrogens (tertiary/aromatic N) is 3. The first-order valence-electron chi connectivity index (χ1n) is 10.6. The number of aromatic nitrogens is 2. The fourth-order valence-electron chi connectivity index (χ4n) is 3.79. The number of piperidine rings is 1. The fraction of sp³-hybridized carbons (Fsp3) is 0.292. The molecule has 0 spiro atoms. The molecule has 166 valence electrons. The molecule has 2 aromatic carbocycles. The van der Waals surface area contributed by atoms with E-state index in [1.165, 1.54) is 0 Å². The van der Waals surface area contributed by atoms with E-state index < -0.39 is 0 Å². The van der Waals surface area contributed by atoms with E-state index in [9.17, 15) is 9.59 Å². The Kier molecular flexibility index (Phi) is 7.07. The Hall–Kier alpha value is -3.32. The van der Waals surface area contributed by atoms with E-state index in [1.807, 2.05) is 42.5 Å². The van der Waals surface area contributed by atoms with Crippen LogP contribution in [0, 0.1) is 5.92 Å². The Balaban J connectivity index is 1.29. The van der Waals surface area contributed by atoms with Crippen LogP contribution in [-0.4, -0.2) is 46.0 Å². The van der Waals surface area contributed by atoms with Crippen molar-refractivity contribution < 1.29 is 14.3 Å². The molecule has 2 heterocycles. The minimum atomic E-state index is -0.255. The molecule has 7 nitrogen and oxygen atoms in total. The van der Waals surface area contributed by atoms with Gasteiger partial charge in [0.25, 0.3) is 0 Å². The van der Waals surface area contributed by atoms with Gasteiger partial charge in [0, 0.05) is 31.2 Å². The van der Waals surface area contributed by atoms with Gasteiger partial charge in [0.2, 0.25) is 11.8 Å². The SMILES string of the molecule is O=C(Nc1ccc(-n2ccnc2)c(Cl)c1)C1CCCN(C(=O)CCOc2ccccc2)C1. The molecule has 1 saturated heterocycles. The highest BCUT2D eigenvalue weighted by molar-refractivity contribution is 6.32. The van der Waals surface area contributed by atoms with Gasteiger partial charge in [-0.3, -0.25) is 9.59 Å². The number of imidazole rings is 1. The topological polar surface area (TPSA) is 76.5 Å². The summed E-state index contributed by atoms with van der Waals surface area (Å²) >= 11 is 6.38. The van der Waals surface area contributed by atoms with E-state index in [1.54, 1.807) is 34.3 Å². The summed E-state index contributed by atoms with van der Waals surface area (Å²) in [6, 6.07) is 14.8. The maximum Gasteiger partial charge on any atom is 0.229 e. The van der Waals surface area contributed by atoms with Gasteiger partial charge < -0.3 is 19.5 Å². The number of carbonyl (C=O) groups is 2. The number of carbonyl (C=O) groups excluding carboxylic acids is 2. The first-order valence-corrected chi connectivity index (χ1v) is 11.0. The number of hydrogen-bond acceptors (Lipinski definition) is 4. The van der Waals surface area contributed by atoms with Gasteiger partial charge in [-0.15, -0.1) is 0 Å². The number of para-hydroxylation sites is 1. The van der Waals surface area contributed by atoms with E-state index in [0.717, 1.165) is 24.3 Å². The Labute approximate surface area is 192 Å². The molecule has 0 aliphatic carbocycles. The molecular weight excluding hydrogens is 428 g/mol. The molecule has 1 atom stereocenters. The van der Waals surface area contributed by atoms with Crippen molar-refractivity contribution in [2.45, 2.75) is 19.3 Å². The van der Waals surface area contributed by atoms with Crippen LogP contribution < -0.4 is 10.1 Å². The Morgan fingerprint density at radius 3 is 2.78 bits per heavy atom. The summed E-state index contributed by atoms with van der Waals surface area (Å²) < 4.78 is 7.43. The van der Waals surface area contributed by atoms with Crippen molar-refractivity contribution in [2.24, 2.45) is 5.92 Å². The molecule has 1 fully saturated rings. The molecular formula is C24H25ClN4O3. The van der Waals surface area contributed by atoms with Crippen molar-refractivity contribution in [2.75, 3.05) is 25.0 Å². The van der Waals surface area contributed by atoms with Gasteiger partial charge in [-0.1, -0.05) is 29.8 Å². The third-order valence-corrected chi connectivity index (χ3v) is 5.77. The van der Waals surface area contributed by atoms with Crippen LogP contribution in [0.3, 0.4) is 0 Å². The second-order valence-corrected chi connectivity index (χ2v) is 8.12. The zero-order chi connectivity index (χ0) is 22.3. The zero-order valence-corrected chi connectivity index (χ0v) is 18.4. The maximum absolute atomic E-state index is 12.8. The van der Waals surface area contributed by atoms with Gasteiger partial charge in [0.1, 0.15) is 5.75 Å². The van der Waals surface area contributed by atoms with Crippen molar-refractivity contribution >= 4 is 29.1 Å². The lowest BCUT2D eigenvalue weighted by Crippen LogP contribution is -2.44. The summed E-state index contributed by atoms with van der Waals surface area (Å²) in [7, 11) is 0. The van der Waals surface area contributed by atoms with Crippen LogP contribution in [0.25, 0.3) is 5.69 Å². The number of benzene rings is 2. The number of nitrogens with one attached hydrogen (secondary N) is 1. The molecule has 1 aliphatic rings. The average Bonchev–Trinajstić information content (AvgIpc) is 3.34. The van der Waals surface area contributed by atoms with Gasteiger partial charge >= 0.3 is 0 Å². The second kappa shape index (κ2) is 10.3. The van der Waals surface area contributed by atoms with Gasteiger partial charge in [-0.25, -0.2) is 4.98 Å². The average molecular weight is 453 g/mol. The molecule has 1 aliphatic heterocycles. The zero-order valence-electron chi connectivity index (χ0n) is 17.6. The van der Waals surface area contributed by atoms with Crippen molar-refractivity contribution in [3.8, 4) is 11.4 Å². The number of hydrogen-bond donors (Lipinski definition) is 1. The maximum atomic E-state index is 12.8. The van der Waals surface area contributed by atoms with Crippen LogP contribution in [-0.2, 0) is 9.59 Å². The van der Waals surface area contributed by atoms with Gasteiger partial charge in [0.15, 0.2) is 0 Å². The summed E-state index contributed by atoms with van der Waals surface area (Å²) in [6.45, 7) is 1.40. The van der Waals surface area contributed by atoms with Crippen LogP contribution >= 0.6 is 11.6 Å². The Morgan fingerprint density at radius 2 is 2.03 bits per heavy atom. The molecule has 32 heavy (non-hydrogen) atoms. The van der Waals surface area contributed by atoms with Crippen LogP contribution in [0.2, 0.25) is 5.02 Å². The molecule has 2 amide bonds. The largest absolute Gasteiger partial charge is 0.493 e. The van der Waals surface area contributed by atoms with Gasteiger partial charge in [0.05, 0.1) is 36.0 Å². The lowest BCUT2D eigenvalue weighted by molar-refractivity contribution is -0.135. The van der Waals surface area contributed by atoms with E-state index in [-0.39, 0.29) is 24.2 Å². The predicted octanol–water partition coefficient (Wildman–Crippen LogP) is 4.17. The molecule has 1 unspecified atom stereocenters. The van der Waals surface area contributed by atoms with Gasteiger partial charge in [-0.2, -0.15) is 0 Å². The molecule has 3 aromatic rings. The minimum absolute atomic E-state index is 0.00570. The van der Waals surface area contributed by atoms with E-state index in [0.29, 0.717) is 30.4 Å². The standard InChI is InChI=1S/C24H25ClN4O3/c25-21-15-19(8-9-22(21)29-13-11-26-17-29)27-24(31)18-5-4-12-28(16-18)23(30)10-14-32-20-6-2-1-3-7-20/h1-3,6-9,11,13,15,17-18H,4-5,10,12,14,16H2,(H,27,31). The summed E-state index contributed by atoms with van der Waals surface area (Å²) in [5.41, 5.74) is 1.41. The quantitative estimate of drug-likeness (QED) is 0.583. The molecule has 1 aromatic heterocycles. The first-order chi connectivity index (χ1) is 15.6. The predicted molar refractivity (Wildman–Crippen MR) is 123 cm³/mol. The number of anilines is 1. The van der Waals surface area contributed by atoms with Crippen LogP contribution in [0.4, 0.5) is 5.69 Å². The highest BCUT2D eigenvalue weighted by Crippen LogP contribution is 2.26. The van der Waals surface area contributed by atoms with Crippen LogP contribution in [0.15, 0.2) is 67.3 Å². The van der Waals surface area contributed by atoms with Crippen molar-refractivity contribution in [1.29, 1.82) is 0 Å². The first kappa shape index (κ1) is 21.9. The van der Waals surface area contributed by atoms with E-state index in [4.69, 9.17) is 16.3 Å². The number of amides is 2. The summed E-state index contributed by atoms with van der Waals surface area (Å²) in [5.74, 6) is 0.393. The number of rotatable bonds is 7. The Bertz CT molecular complexity index is 1060. The van der Waals surface area contributed by atoms with E-state index >= 15 is 0 Å². The molecule has 1 N–H and O–H groups in total.